The standard InChI is InChI=1S/C18H23NO5/c1-19-15-13(14(24-19)16(20)22-2)10-7-11-18(15,17(21)23-3)12-8-5-4-6-9-12/h4-6,8-9,13-15H,7,10-11H2,1-3H3/t13-,14+,15+,18+/m0/s1. The lowest BCUT2D eigenvalue weighted by Gasteiger charge is -2.44. The Labute approximate surface area is 141 Å². The molecule has 1 aromatic carbocycles. The fourth-order valence-corrected chi connectivity index (χ4v) is 4.42. The topological polar surface area (TPSA) is 65.1 Å². The molecule has 0 amide bonds. The quantitative estimate of drug-likeness (QED) is 0.784. The number of likely N-dealkylation sites (N-methyl/N-ethyl adjacent to an activating group) is 1. The maximum absolute atomic E-state index is 12.9. The number of hydrogen-bond donors (Lipinski definition) is 0. The van der Waals surface area contributed by atoms with Crippen molar-refractivity contribution in [1.29, 1.82) is 0 Å². The van der Waals surface area contributed by atoms with Crippen molar-refractivity contribution in [3.8, 4) is 0 Å². The number of esters is 2. The van der Waals surface area contributed by atoms with Crippen LogP contribution in [0, 0.1) is 5.92 Å². The van der Waals surface area contributed by atoms with Crippen molar-refractivity contribution < 1.29 is 23.9 Å². The number of fused-ring (bicyclic) bond motifs is 1. The molecule has 3 rings (SSSR count). The summed E-state index contributed by atoms with van der Waals surface area (Å²) >= 11 is 0. The molecule has 0 unspecified atom stereocenters. The van der Waals surface area contributed by atoms with Crippen molar-refractivity contribution in [3.63, 3.8) is 0 Å². The summed E-state index contributed by atoms with van der Waals surface area (Å²) in [5, 5.41) is 1.65. The molecule has 2 fully saturated rings. The maximum Gasteiger partial charge on any atom is 0.337 e. The fraction of sp³-hybridized carbons (Fsp3) is 0.556. The van der Waals surface area contributed by atoms with Crippen LogP contribution in [0.4, 0.5) is 0 Å². The molecule has 6 nitrogen and oxygen atoms in total. The van der Waals surface area contributed by atoms with Crippen LogP contribution in [0.3, 0.4) is 0 Å². The number of carbonyl (C=O) groups excluding carboxylic acids is 2. The highest BCUT2D eigenvalue weighted by atomic mass is 16.7. The number of rotatable bonds is 3. The van der Waals surface area contributed by atoms with Gasteiger partial charge in [0, 0.05) is 13.0 Å². The van der Waals surface area contributed by atoms with Gasteiger partial charge in [0.05, 0.1) is 20.3 Å². The zero-order valence-electron chi connectivity index (χ0n) is 14.2. The number of benzene rings is 1. The van der Waals surface area contributed by atoms with E-state index in [0.717, 1.165) is 18.4 Å². The second kappa shape index (κ2) is 6.53. The molecule has 6 heteroatoms. The molecule has 1 saturated heterocycles. The van der Waals surface area contributed by atoms with E-state index in [0.29, 0.717) is 6.42 Å². The van der Waals surface area contributed by atoms with E-state index in [1.807, 2.05) is 30.3 Å². The van der Waals surface area contributed by atoms with Crippen LogP contribution in [0.25, 0.3) is 0 Å². The third-order valence-corrected chi connectivity index (χ3v) is 5.35. The third-order valence-electron chi connectivity index (χ3n) is 5.35. The van der Waals surface area contributed by atoms with Gasteiger partial charge in [-0.3, -0.25) is 9.63 Å². The lowest BCUT2D eigenvalue weighted by molar-refractivity contribution is -0.185. The van der Waals surface area contributed by atoms with E-state index in [9.17, 15) is 9.59 Å². The number of ether oxygens (including phenoxy) is 2. The Morgan fingerprint density at radius 1 is 1.21 bits per heavy atom. The van der Waals surface area contributed by atoms with E-state index in [1.165, 1.54) is 14.2 Å². The van der Waals surface area contributed by atoms with Crippen molar-refractivity contribution in [2.24, 2.45) is 5.92 Å². The molecular formula is C18H23NO5. The Morgan fingerprint density at radius 3 is 2.54 bits per heavy atom. The van der Waals surface area contributed by atoms with Gasteiger partial charge in [-0.05, 0) is 18.4 Å². The largest absolute Gasteiger partial charge is 0.468 e. The van der Waals surface area contributed by atoms with E-state index >= 15 is 0 Å². The summed E-state index contributed by atoms with van der Waals surface area (Å²) in [6.07, 6.45) is 1.60. The van der Waals surface area contributed by atoms with Crippen LogP contribution in [-0.2, 0) is 29.3 Å². The van der Waals surface area contributed by atoms with Crippen LogP contribution in [0.5, 0.6) is 0 Å². The number of hydrogen-bond acceptors (Lipinski definition) is 6. The molecule has 130 valence electrons. The van der Waals surface area contributed by atoms with Gasteiger partial charge in [-0.1, -0.05) is 36.8 Å². The van der Waals surface area contributed by atoms with Crippen molar-refractivity contribution >= 4 is 11.9 Å². The van der Waals surface area contributed by atoms with Gasteiger partial charge in [-0.2, -0.15) is 5.06 Å². The predicted molar refractivity (Wildman–Crippen MR) is 85.9 cm³/mol. The van der Waals surface area contributed by atoms with Crippen molar-refractivity contribution in [3.05, 3.63) is 35.9 Å². The minimum Gasteiger partial charge on any atom is -0.468 e. The summed E-state index contributed by atoms with van der Waals surface area (Å²) < 4.78 is 10.1. The Morgan fingerprint density at radius 2 is 1.92 bits per heavy atom. The average Bonchev–Trinajstić information content (AvgIpc) is 2.98. The summed E-state index contributed by atoms with van der Waals surface area (Å²) in [4.78, 5) is 30.8. The molecule has 0 aromatic heterocycles. The van der Waals surface area contributed by atoms with Crippen LogP contribution in [-0.4, -0.2) is 50.4 Å². The molecule has 1 saturated carbocycles. The van der Waals surface area contributed by atoms with E-state index in [4.69, 9.17) is 14.3 Å². The van der Waals surface area contributed by atoms with Crippen LogP contribution in [0.15, 0.2) is 30.3 Å². The Bertz CT molecular complexity index is 619. The van der Waals surface area contributed by atoms with Gasteiger partial charge in [0.1, 0.15) is 5.41 Å². The maximum atomic E-state index is 12.9. The highest BCUT2D eigenvalue weighted by Gasteiger charge is 2.61. The Hall–Kier alpha value is -1.92. The van der Waals surface area contributed by atoms with Gasteiger partial charge in [-0.25, -0.2) is 4.79 Å². The lowest BCUT2D eigenvalue weighted by Crippen LogP contribution is -2.57. The number of hydroxylamine groups is 2. The molecule has 0 bridgehead atoms. The Kier molecular flexibility index (Phi) is 4.60. The minimum atomic E-state index is -0.851. The molecule has 1 aromatic rings. The summed E-state index contributed by atoms with van der Waals surface area (Å²) in [5.74, 6) is -0.803. The van der Waals surface area contributed by atoms with Crippen LogP contribution >= 0.6 is 0 Å². The summed E-state index contributed by atoms with van der Waals surface area (Å²) in [6.45, 7) is 0. The molecule has 4 atom stereocenters. The van der Waals surface area contributed by atoms with Crippen molar-refractivity contribution in [2.45, 2.75) is 36.8 Å². The first-order valence-corrected chi connectivity index (χ1v) is 8.17. The highest BCUT2D eigenvalue weighted by molar-refractivity contribution is 5.85. The second-order valence-corrected chi connectivity index (χ2v) is 6.43. The molecule has 1 heterocycles. The first-order chi connectivity index (χ1) is 11.6. The third kappa shape index (κ3) is 2.41. The first-order valence-electron chi connectivity index (χ1n) is 8.17. The first kappa shape index (κ1) is 16.9. The zero-order valence-corrected chi connectivity index (χ0v) is 14.2. The number of carbonyl (C=O) groups is 2. The van der Waals surface area contributed by atoms with Gasteiger partial charge in [-0.15, -0.1) is 0 Å². The van der Waals surface area contributed by atoms with Crippen molar-refractivity contribution in [1.82, 2.24) is 5.06 Å². The summed E-state index contributed by atoms with van der Waals surface area (Å²) in [7, 11) is 4.53. The fourth-order valence-electron chi connectivity index (χ4n) is 4.42. The predicted octanol–water partition coefficient (Wildman–Crippen LogP) is 1.68. The van der Waals surface area contributed by atoms with Crippen LogP contribution in [0.1, 0.15) is 24.8 Å². The molecule has 24 heavy (non-hydrogen) atoms. The van der Waals surface area contributed by atoms with E-state index in [-0.39, 0.29) is 17.9 Å². The van der Waals surface area contributed by atoms with E-state index in [2.05, 4.69) is 0 Å². The molecule has 0 N–H and O–H groups in total. The van der Waals surface area contributed by atoms with Gasteiger partial charge < -0.3 is 9.47 Å². The Balaban J connectivity index is 2.09. The second-order valence-electron chi connectivity index (χ2n) is 6.43. The van der Waals surface area contributed by atoms with Crippen LogP contribution in [0.2, 0.25) is 0 Å². The lowest BCUT2D eigenvalue weighted by atomic mass is 9.61. The minimum absolute atomic E-state index is 0.115. The molecule has 0 spiro atoms. The van der Waals surface area contributed by atoms with E-state index < -0.39 is 17.5 Å². The number of methoxy groups -OCH3 is 2. The molecule has 1 aliphatic heterocycles. The molecule has 2 aliphatic rings. The summed E-state index contributed by atoms with van der Waals surface area (Å²) in [6, 6.07) is 9.36. The van der Waals surface area contributed by atoms with Gasteiger partial charge in [0.15, 0.2) is 6.10 Å². The molecule has 0 radical (unpaired) electrons. The SMILES string of the molecule is COC(=O)[C@@H]1ON(C)[C@@H]2[C@H]1CCC[C@@]2(C(=O)OC)c1ccccc1. The van der Waals surface area contributed by atoms with Crippen LogP contribution < -0.4 is 0 Å². The van der Waals surface area contributed by atoms with Gasteiger partial charge in [0.2, 0.25) is 0 Å². The zero-order chi connectivity index (χ0) is 17.3. The monoisotopic (exact) mass is 333 g/mol. The van der Waals surface area contributed by atoms with Crippen molar-refractivity contribution in [2.75, 3.05) is 21.3 Å². The molecule has 1 aliphatic carbocycles. The smallest absolute Gasteiger partial charge is 0.337 e. The van der Waals surface area contributed by atoms with E-state index in [1.54, 1.807) is 12.1 Å². The highest BCUT2D eigenvalue weighted by Crippen LogP contribution is 2.50. The molecular weight excluding hydrogens is 310 g/mol. The van der Waals surface area contributed by atoms with Gasteiger partial charge >= 0.3 is 11.9 Å². The number of nitrogens with zero attached hydrogens (tertiary/aromatic N) is 1. The average molecular weight is 333 g/mol. The summed E-state index contributed by atoms with van der Waals surface area (Å²) in [5.41, 5.74) is 0.0451. The normalized spacial score (nSPS) is 32.9. The van der Waals surface area contributed by atoms with Gasteiger partial charge in [0.25, 0.3) is 0 Å².